The molecule has 0 unspecified atom stereocenters. The molecule has 1 aromatic heterocycles. The number of hydrogen-bond acceptors (Lipinski definition) is 4. The van der Waals surface area contributed by atoms with Gasteiger partial charge in [-0.3, -0.25) is 4.79 Å². The number of carbonyl (C=O) groups excluding carboxylic acids is 1. The van der Waals surface area contributed by atoms with Gasteiger partial charge in [0, 0.05) is 24.6 Å². The van der Waals surface area contributed by atoms with Crippen LogP contribution < -0.4 is 11.1 Å². The third-order valence-electron chi connectivity index (χ3n) is 3.44. The summed E-state index contributed by atoms with van der Waals surface area (Å²) in [5.74, 6) is 1.48. The van der Waals surface area contributed by atoms with Crippen molar-refractivity contribution in [1.82, 2.24) is 20.1 Å². The molecule has 2 aromatic rings. The molecule has 0 atom stereocenters. The average Bonchev–Trinajstić information content (AvgIpc) is 2.84. The van der Waals surface area contributed by atoms with Crippen molar-refractivity contribution in [3.8, 4) is 11.4 Å². The summed E-state index contributed by atoms with van der Waals surface area (Å²) in [6, 6.07) is 9.84. The van der Waals surface area contributed by atoms with E-state index in [-0.39, 0.29) is 11.4 Å². The molecule has 0 fully saturated rings. The van der Waals surface area contributed by atoms with Crippen LogP contribution in [0.5, 0.6) is 0 Å². The molecule has 0 aliphatic rings. The number of rotatable bonds is 6. The van der Waals surface area contributed by atoms with Crippen LogP contribution in [-0.2, 0) is 18.4 Å². The lowest BCUT2D eigenvalue weighted by Gasteiger charge is -2.17. The Bertz CT molecular complexity index is 628. The second kappa shape index (κ2) is 6.70. The van der Waals surface area contributed by atoms with E-state index in [0.29, 0.717) is 19.4 Å². The topological polar surface area (TPSA) is 85.8 Å². The first-order valence-corrected chi connectivity index (χ1v) is 7.36. The maximum atomic E-state index is 11.8. The summed E-state index contributed by atoms with van der Waals surface area (Å²) < 4.78 is 1.89. The zero-order valence-corrected chi connectivity index (χ0v) is 13.3. The lowest BCUT2D eigenvalue weighted by atomic mass is 10.00. The van der Waals surface area contributed by atoms with E-state index in [2.05, 4.69) is 15.5 Å². The molecular weight excluding hydrogens is 278 g/mol. The molecule has 0 spiro atoms. The van der Waals surface area contributed by atoms with Gasteiger partial charge in [0.05, 0.1) is 6.54 Å². The van der Waals surface area contributed by atoms with Gasteiger partial charge in [0.15, 0.2) is 11.6 Å². The van der Waals surface area contributed by atoms with Crippen molar-refractivity contribution < 1.29 is 4.79 Å². The fraction of sp³-hybridized carbons (Fsp3) is 0.438. The molecular formula is C16H23N5O. The summed E-state index contributed by atoms with van der Waals surface area (Å²) in [6.07, 6.45) is 1.06. The number of nitrogens with zero attached hydrogens (tertiary/aromatic N) is 3. The summed E-state index contributed by atoms with van der Waals surface area (Å²) in [7, 11) is 1.90. The van der Waals surface area contributed by atoms with Crippen molar-refractivity contribution >= 4 is 5.91 Å². The Hall–Kier alpha value is -2.21. The molecule has 1 amide bonds. The number of hydrogen-bond donors (Lipinski definition) is 2. The first kappa shape index (κ1) is 16.2. The van der Waals surface area contributed by atoms with Crippen LogP contribution in [0.1, 0.15) is 32.5 Å². The van der Waals surface area contributed by atoms with Crippen LogP contribution in [0.15, 0.2) is 30.3 Å². The lowest BCUT2D eigenvalue weighted by molar-refractivity contribution is -0.121. The zero-order valence-electron chi connectivity index (χ0n) is 13.3. The van der Waals surface area contributed by atoms with Crippen molar-refractivity contribution in [2.45, 2.75) is 38.8 Å². The molecule has 118 valence electrons. The minimum Gasteiger partial charge on any atom is -0.349 e. The molecule has 0 radical (unpaired) electrons. The van der Waals surface area contributed by atoms with Crippen LogP contribution in [0.2, 0.25) is 0 Å². The number of nitrogens with two attached hydrogens (primary N) is 1. The highest BCUT2D eigenvalue weighted by Gasteiger charge is 2.14. The molecule has 1 heterocycles. The highest BCUT2D eigenvalue weighted by Crippen LogP contribution is 2.16. The molecule has 22 heavy (non-hydrogen) atoms. The maximum absolute atomic E-state index is 11.8. The van der Waals surface area contributed by atoms with Gasteiger partial charge < -0.3 is 15.6 Å². The monoisotopic (exact) mass is 301 g/mol. The Labute approximate surface area is 130 Å². The van der Waals surface area contributed by atoms with Crippen LogP contribution in [0, 0.1) is 0 Å². The van der Waals surface area contributed by atoms with E-state index in [0.717, 1.165) is 17.2 Å². The van der Waals surface area contributed by atoms with Gasteiger partial charge in [0.2, 0.25) is 5.91 Å². The first-order valence-electron chi connectivity index (χ1n) is 7.36. The van der Waals surface area contributed by atoms with Gasteiger partial charge in [-0.2, -0.15) is 0 Å². The molecule has 2 rings (SSSR count). The molecule has 6 heteroatoms. The highest BCUT2D eigenvalue weighted by atomic mass is 16.1. The van der Waals surface area contributed by atoms with E-state index >= 15 is 0 Å². The molecule has 0 bridgehead atoms. The Morgan fingerprint density at radius 2 is 1.95 bits per heavy atom. The number of amides is 1. The van der Waals surface area contributed by atoms with Crippen molar-refractivity contribution in [2.24, 2.45) is 12.8 Å². The smallest absolute Gasteiger partial charge is 0.220 e. The lowest BCUT2D eigenvalue weighted by Crippen LogP contribution is -2.34. The minimum absolute atomic E-state index is 0.0252. The van der Waals surface area contributed by atoms with Gasteiger partial charge in [0.25, 0.3) is 0 Å². The minimum atomic E-state index is -0.331. The highest BCUT2D eigenvalue weighted by molar-refractivity contribution is 5.75. The van der Waals surface area contributed by atoms with Gasteiger partial charge in [-0.15, -0.1) is 10.2 Å². The Morgan fingerprint density at radius 3 is 2.59 bits per heavy atom. The van der Waals surface area contributed by atoms with Crippen LogP contribution in [0.25, 0.3) is 11.4 Å². The van der Waals surface area contributed by atoms with Crippen LogP contribution in [0.4, 0.5) is 0 Å². The number of carbonyl (C=O) groups is 1. The Kier molecular flexibility index (Phi) is 4.92. The molecule has 0 aliphatic heterocycles. The molecule has 0 saturated heterocycles. The zero-order chi connectivity index (χ0) is 16.2. The fourth-order valence-electron chi connectivity index (χ4n) is 2.06. The van der Waals surface area contributed by atoms with Gasteiger partial charge in [-0.1, -0.05) is 30.3 Å². The van der Waals surface area contributed by atoms with Crippen LogP contribution in [-0.4, -0.2) is 26.2 Å². The number of nitrogens with one attached hydrogen (secondary N) is 1. The van der Waals surface area contributed by atoms with Crippen molar-refractivity contribution in [2.75, 3.05) is 0 Å². The average molecular weight is 301 g/mol. The normalized spacial score (nSPS) is 11.5. The van der Waals surface area contributed by atoms with E-state index in [1.807, 2.05) is 55.8 Å². The first-order chi connectivity index (χ1) is 10.4. The van der Waals surface area contributed by atoms with Crippen molar-refractivity contribution in [1.29, 1.82) is 0 Å². The van der Waals surface area contributed by atoms with Gasteiger partial charge in [-0.25, -0.2) is 0 Å². The predicted molar refractivity (Wildman–Crippen MR) is 85.8 cm³/mol. The van der Waals surface area contributed by atoms with E-state index in [9.17, 15) is 4.79 Å². The van der Waals surface area contributed by atoms with Crippen LogP contribution >= 0.6 is 0 Å². The summed E-state index contributed by atoms with van der Waals surface area (Å²) in [4.78, 5) is 11.8. The van der Waals surface area contributed by atoms with Gasteiger partial charge >= 0.3 is 0 Å². The van der Waals surface area contributed by atoms with Gasteiger partial charge in [-0.05, 0) is 20.3 Å². The van der Waals surface area contributed by atoms with E-state index in [1.165, 1.54) is 0 Å². The maximum Gasteiger partial charge on any atom is 0.220 e. The standard InChI is InChI=1S/C16H23N5O/c1-16(2,17)10-9-14(22)18-11-13-19-20-15(21(13)3)12-7-5-4-6-8-12/h4-8H,9-11,17H2,1-3H3,(H,18,22). The van der Waals surface area contributed by atoms with Crippen LogP contribution in [0.3, 0.4) is 0 Å². The molecule has 1 aromatic carbocycles. The third-order valence-corrected chi connectivity index (χ3v) is 3.44. The SMILES string of the molecule is Cn1c(CNC(=O)CCC(C)(C)N)nnc1-c1ccccc1. The second-order valence-electron chi connectivity index (χ2n) is 6.13. The van der Waals surface area contributed by atoms with Gasteiger partial charge in [0.1, 0.15) is 0 Å². The fourth-order valence-corrected chi connectivity index (χ4v) is 2.06. The summed E-state index contributed by atoms with van der Waals surface area (Å²) in [5, 5.41) is 11.2. The molecule has 3 N–H and O–H groups in total. The van der Waals surface area contributed by atoms with E-state index in [4.69, 9.17) is 5.73 Å². The molecule has 0 saturated carbocycles. The van der Waals surface area contributed by atoms with Crippen molar-refractivity contribution in [3.05, 3.63) is 36.2 Å². The van der Waals surface area contributed by atoms with Crippen molar-refractivity contribution in [3.63, 3.8) is 0 Å². The number of aromatic nitrogens is 3. The van der Waals surface area contributed by atoms with E-state index in [1.54, 1.807) is 0 Å². The van der Waals surface area contributed by atoms with E-state index < -0.39 is 0 Å². The summed E-state index contributed by atoms with van der Waals surface area (Å²) in [6.45, 7) is 4.18. The number of benzene rings is 1. The molecule has 6 nitrogen and oxygen atoms in total. The summed E-state index contributed by atoms with van der Waals surface area (Å²) in [5.41, 5.74) is 6.55. The Balaban J connectivity index is 1.95. The largest absolute Gasteiger partial charge is 0.349 e. The predicted octanol–water partition coefficient (Wildman–Crippen LogP) is 1.62. The molecule has 0 aliphatic carbocycles. The second-order valence-corrected chi connectivity index (χ2v) is 6.13. The quantitative estimate of drug-likeness (QED) is 0.849. The third kappa shape index (κ3) is 4.39. The summed E-state index contributed by atoms with van der Waals surface area (Å²) >= 11 is 0. The Morgan fingerprint density at radius 1 is 1.27 bits per heavy atom.